The average Bonchev–Trinajstić information content (AvgIpc) is 2.59. The molecule has 0 amide bonds. The van der Waals surface area contributed by atoms with Crippen molar-refractivity contribution in [3.63, 3.8) is 0 Å². The summed E-state index contributed by atoms with van der Waals surface area (Å²) < 4.78 is 5.88. The minimum Gasteiger partial charge on any atom is -0.872 e. The first-order valence-corrected chi connectivity index (χ1v) is 7.70. The first-order chi connectivity index (χ1) is 12.0. The Bertz CT molecular complexity index is 1130. The molecule has 130 valence electrons. The second-order valence-electron chi connectivity index (χ2n) is 5.82. The Morgan fingerprint density at radius 1 is 0.962 bits per heavy atom. The predicted molar refractivity (Wildman–Crippen MR) is 98.9 cm³/mol. The zero-order chi connectivity index (χ0) is 17.6. The number of rotatable bonds is 2. The van der Waals surface area contributed by atoms with E-state index < -0.39 is 5.97 Å². The number of hydrogen-bond acceptors (Lipinski definition) is 3. The van der Waals surface area contributed by atoms with E-state index in [1.54, 1.807) is 36.4 Å². The van der Waals surface area contributed by atoms with Gasteiger partial charge in [0.25, 0.3) is 0 Å². The van der Waals surface area contributed by atoms with Crippen LogP contribution in [0.4, 0.5) is 0 Å². The van der Waals surface area contributed by atoms with Gasteiger partial charge in [-0.15, -0.1) is 5.75 Å². The number of aromatic carboxylic acids is 1. The molecule has 1 aliphatic heterocycles. The van der Waals surface area contributed by atoms with Crippen LogP contribution in [-0.2, 0) is 0 Å². The molecule has 0 aromatic heterocycles. The van der Waals surface area contributed by atoms with Gasteiger partial charge < -0.3 is 14.9 Å². The highest BCUT2D eigenvalue weighted by atomic mass is 16.5. The minimum absolute atomic E-state index is 0. The first-order valence-electron chi connectivity index (χ1n) is 7.70. The summed E-state index contributed by atoms with van der Waals surface area (Å²) in [4.78, 5) is 11.7. The van der Waals surface area contributed by atoms with Gasteiger partial charge in [0.15, 0.2) is 0 Å². The van der Waals surface area contributed by atoms with Crippen LogP contribution in [0.1, 0.15) is 28.9 Å². The highest BCUT2D eigenvalue weighted by molar-refractivity contribution is 5.98. The molecule has 0 saturated carbocycles. The molecule has 0 saturated heterocycles. The monoisotopic (exact) mass is 345 g/mol. The second kappa shape index (κ2) is 6.41. The molecule has 1 heterocycles. The molecule has 26 heavy (non-hydrogen) atoms. The van der Waals surface area contributed by atoms with Gasteiger partial charge in [-0.3, -0.25) is 0 Å². The van der Waals surface area contributed by atoms with Gasteiger partial charge in [0, 0.05) is 16.4 Å². The second-order valence-corrected chi connectivity index (χ2v) is 5.82. The van der Waals surface area contributed by atoms with Crippen LogP contribution >= 0.6 is 0 Å². The molecule has 1 aliphatic rings. The van der Waals surface area contributed by atoms with Crippen molar-refractivity contribution >= 4 is 18.1 Å². The van der Waals surface area contributed by atoms with Crippen molar-refractivity contribution in [2.45, 2.75) is 7.43 Å². The zero-order valence-electron chi connectivity index (χ0n) is 13.2. The standard InChI is InChI=1S/C21H14O4.CH4/c1-12-6-8-16-18(10-12)25-19-11-13(22)7-9-17(19)20(16)14-4-2-3-5-15(14)21(23)24;/h2-11,22H,1H2,(H,23,24);1H4/p-1. The molecule has 0 radical (unpaired) electrons. The van der Waals surface area contributed by atoms with Gasteiger partial charge >= 0.3 is 5.97 Å². The summed E-state index contributed by atoms with van der Waals surface area (Å²) in [7, 11) is 0. The smallest absolute Gasteiger partial charge is 0.336 e. The largest absolute Gasteiger partial charge is 0.872 e. The molecule has 0 spiro atoms. The lowest BCUT2D eigenvalue weighted by Gasteiger charge is -2.23. The van der Waals surface area contributed by atoms with Crippen molar-refractivity contribution in [3.05, 3.63) is 87.8 Å². The predicted octanol–water partition coefficient (Wildman–Crippen LogP) is 2.86. The molecular weight excluding hydrogens is 328 g/mol. The van der Waals surface area contributed by atoms with Gasteiger partial charge in [-0.25, -0.2) is 4.79 Å². The molecule has 1 N–H and O–H groups in total. The minimum atomic E-state index is -1.01. The van der Waals surface area contributed by atoms with Crippen molar-refractivity contribution in [1.29, 1.82) is 0 Å². The van der Waals surface area contributed by atoms with E-state index >= 15 is 0 Å². The molecule has 0 atom stereocenters. The average molecular weight is 345 g/mol. The van der Waals surface area contributed by atoms with E-state index in [0.717, 1.165) is 16.0 Å². The Balaban J connectivity index is 0.00000196. The molecule has 0 aliphatic carbocycles. The Hall–Kier alpha value is -3.53. The van der Waals surface area contributed by atoms with Gasteiger partial charge in [-0.1, -0.05) is 56.5 Å². The van der Waals surface area contributed by atoms with E-state index in [-0.39, 0.29) is 18.7 Å². The SMILES string of the molecule is C.C=c1ccc2c(c1)Oc1cc([O-])ccc1C=2c1ccccc1C(=O)O. The van der Waals surface area contributed by atoms with E-state index in [0.29, 0.717) is 22.6 Å². The Kier molecular flexibility index (Phi) is 4.26. The van der Waals surface area contributed by atoms with Crippen molar-refractivity contribution < 1.29 is 19.7 Å². The molecule has 0 bridgehead atoms. The van der Waals surface area contributed by atoms with E-state index in [1.165, 1.54) is 12.1 Å². The summed E-state index contributed by atoms with van der Waals surface area (Å²) in [5.41, 5.74) is 2.20. The van der Waals surface area contributed by atoms with Gasteiger partial charge in [0.05, 0.1) is 5.56 Å². The molecule has 0 fully saturated rings. The van der Waals surface area contributed by atoms with E-state index in [4.69, 9.17) is 4.74 Å². The quantitative estimate of drug-likeness (QED) is 0.606. The Labute approximate surface area is 150 Å². The van der Waals surface area contributed by atoms with Gasteiger partial charge in [-0.05, 0) is 29.0 Å². The fraction of sp³-hybridized carbons (Fsp3) is 0.0455. The number of carboxylic acids is 1. The van der Waals surface area contributed by atoms with Crippen molar-refractivity contribution in [1.82, 2.24) is 0 Å². The maximum absolute atomic E-state index is 11.7. The lowest BCUT2D eigenvalue weighted by Crippen LogP contribution is -2.20. The summed E-state index contributed by atoms with van der Waals surface area (Å²) in [5.74, 6) is -0.202. The normalized spacial score (nSPS) is 11.6. The van der Waals surface area contributed by atoms with Crippen LogP contribution in [0.2, 0.25) is 0 Å². The van der Waals surface area contributed by atoms with Crippen LogP contribution in [0, 0.1) is 0 Å². The van der Waals surface area contributed by atoms with E-state index in [1.807, 2.05) is 12.1 Å². The van der Waals surface area contributed by atoms with Crippen LogP contribution in [0.15, 0.2) is 60.7 Å². The third kappa shape index (κ3) is 2.71. The lowest BCUT2D eigenvalue weighted by atomic mass is 9.89. The van der Waals surface area contributed by atoms with Crippen LogP contribution in [0.25, 0.3) is 12.2 Å². The summed E-state index contributed by atoms with van der Waals surface area (Å²) in [6, 6.07) is 16.8. The zero-order valence-corrected chi connectivity index (χ0v) is 13.2. The third-order valence-electron chi connectivity index (χ3n) is 4.18. The van der Waals surface area contributed by atoms with Crippen LogP contribution in [-0.4, -0.2) is 11.1 Å². The third-order valence-corrected chi connectivity index (χ3v) is 4.18. The maximum atomic E-state index is 11.7. The van der Waals surface area contributed by atoms with E-state index in [9.17, 15) is 15.0 Å². The number of ether oxygens (including phenoxy) is 1. The summed E-state index contributed by atoms with van der Waals surface area (Å²) in [5, 5.41) is 22.9. The first kappa shape index (κ1) is 17.3. The maximum Gasteiger partial charge on any atom is 0.336 e. The molecule has 3 aromatic rings. The summed E-state index contributed by atoms with van der Waals surface area (Å²) in [6.07, 6.45) is 0. The Morgan fingerprint density at radius 3 is 2.50 bits per heavy atom. The summed E-state index contributed by atoms with van der Waals surface area (Å²) in [6.45, 7) is 3.90. The fourth-order valence-electron chi connectivity index (χ4n) is 3.09. The number of fused-ring (bicyclic) bond motifs is 2. The molecule has 4 nitrogen and oxygen atoms in total. The molecule has 3 aromatic carbocycles. The molecule has 4 heteroatoms. The topological polar surface area (TPSA) is 69.6 Å². The number of carboxylic acid groups (broad SMARTS) is 1. The lowest BCUT2D eigenvalue weighted by molar-refractivity contribution is -0.268. The van der Waals surface area contributed by atoms with Gasteiger partial charge in [0.1, 0.15) is 11.5 Å². The van der Waals surface area contributed by atoms with Gasteiger partial charge in [-0.2, -0.15) is 0 Å². The van der Waals surface area contributed by atoms with E-state index in [2.05, 4.69) is 6.58 Å². The van der Waals surface area contributed by atoms with Crippen LogP contribution in [0.3, 0.4) is 0 Å². The molecular formula is C22H17O4-. The highest BCUT2D eigenvalue weighted by Crippen LogP contribution is 2.38. The van der Waals surface area contributed by atoms with Crippen molar-refractivity contribution in [2.75, 3.05) is 0 Å². The number of benzene rings is 3. The highest BCUT2D eigenvalue weighted by Gasteiger charge is 2.23. The van der Waals surface area contributed by atoms with Gasteiger partial charge in [0.2, 0.25) is 0 Å². The van der Waals surface area contributed by atoms with Crippen LogP contribution < -0.4 is 20.3 Å². The summed E-state index contributed by atoms with van der Waals surface area (Å²) >= 11 is 0. The molecule has 4 rings (SSSR count). The number of hydrogen-bond donors (Lipinski definition) is 1. The fourth-order valence-corrected chi connectivity index (χ4v) is 3.09. The van der Waals surface area contributed by atoms with Crippen LogP contribution in [0.5, 0.6) is 17.2 Å². The number of carbonyl (C=O) groups is 1. The van der Waals surface area contributed by atoms with Crippen molar-refractivity contribution in [3.8, 4) is 17.2 Å². The van der Waals surface area contributed by atoms with Crippen molar-refractivity contribution in [2.24, 2.45) is 0 Å². The molecule has 0 unspecified atom stereocenters. The Morgan fingerprint density at radius 2 is 1.73 bits per heavy atom.